The smallest absolute Gasteiger partial charge is 0.0642 e. The van der Waals surface area contributed by atoms with Crippen LogP contribution in [0.1, 0.15) is 59.4 Å². The van der Waals surface area contributed by atoms with Gasteiger partial charge in [-0.05, 0) is 37.5 Å². The predicted molar refractivity (Wildman–Crippen MR) is 95.4 cm³/mol. The molecule has 1 unspecified atom stereocenters. The normalized spacial score (nSPS) is 12.7. The lowest BCUT2D eigenvalue weighted by molar-refractivity contribution is 0.587. The molecule has 0 saturated carbocycles. The summed E-state index contributed by atoms with van der Waals surface area (Å²) in [5, 5.41) is 4.30. The van der Waals surface area contributed by atoms with Gasteiger partial charge in [0.1, 0.15) is 0 Å². The second-order valence-electron chi connectivity index (χ2n) is 6.13. The van der Waals surface area contributed by atoms with Crippen molar-refractivity contribution in [3.63, 3.8) is 0 Å². The first-order valence-corrected chi connectivity index (χ1v) is 8.65. The molecule has 0 heterocycles. The fourth-order valence-corrected chi connectivity index (χ4v) is 2.65. The highest BCUT2D eigenvalue weighted by Crippen LogP contribution is 2.29. The van der Waals surface area contributed by atoms with E-state index in [9.17, 15) is 0 Å². The van der Waals surface area contributed by atoms with Gasteiger partial charge in [-0.2, -0.15) is 0 Å². The minimum Gasteiger partial charge on any atom is -0.368 e. The van der Waals surface area contributed by atoms with Crippen molar-refractivity contribution in [3.05, 3.63) is 28.8 Å². The molecule has 0 aliphatic carbocycles. The number of benzene rings is 1. The number of halogens is 1. The number of anilines is 1. The molecule has 1 N–H and O–H groups in total. The molecule has 3 heteroatoms. The Kier molecular flexibility index (Phi) is 8.13. The highest BCUT2D eigenvalue weighted by atomic mass is 35.5. The lowest BCUT2D eigenvalue weighted by Gasteiger charge is -2.32. The highest BCUT2D eigenvalue weighted by molar-refractivity contribution is 6.33. The van der Waals surface area contributed by atoms with Crippen LogP contribution in [0.2, 0.25) is 5.02 Å². The highest BCUT2D eigenvalue weighted by Gasteiger charge is 2.15. The standard InChI is InChI=1S/C18H31ClN2/c1-6-8-11-21(15(5)7-2)18-10-9-16(12-17(18)19)13-20-14(3)4/h9-10,12,14-15,20H,6-8,11,13H2,1-5H3. The largest absolute Gasteiger partial charge is 0.368 e. The van der Waals surface area contributed by atoms with E-state index in [1.807, 2.05) is 0 Å². The Morgan fingerprint density at radius 1 is 1.19 bits per heavy atom. The predicted octanol–water partition coefficient (Wildman–Crippen LogP) is 5.24. The maximum absolute atomic E-state index is 6.55. The van der Waals surface area contributed by atoms with Gasteiger partial charge in [0.25, 0.3) is 0 Å². The first kappa shape index (κ1) is 18.3. The van der Waals surface area contributed by atoms with Crippen LogP contribution in [0.4, 0.5) is 5.69 Å². The minimum absolute atomic E-state index is 0.490. The SMILES string of the molecule is CCCCN(c1ccc(CNC(C)C)cc1Cl)C(C)CC. The van der Waals surface area contributed by atoms with Gasteiger partial charge in [-0.15, -0.1) is 0 Å². The summed E-state index contributed by atoms with van der Waals surface area (Å²) < 4.78 is 0. The monoisotopic (exact) mass is 310 g/mol. The van der Waals surface area contributed by atoms with Crippen LogP contribution in [-0.2, 0) is 6.54 Å². The van der Waals surface area contributed by atoms with Crippen molar-refractivity contribution in [3.8, 4) is 0 Å². The summed E-state index contributed by atoms with van der Waals surface area (Å²) in [5.41, 5.74) is 2.42. The summed E-state index contributed by atoms with van der Waals surface area (Å²) in [4.78, 5) is 2.45. The van der Waals surface area contributed by atoms with Gasteiger partial charge in [0, 0.05) is 25.2 Å². The first-order chi connectivity index (χ1) is 9.99. The molecule has 0 aliphatic rings. The Bertz CT molecular complexity index is 418. The summed E-state index contributed by atoms with van der Waals surface area (Å²) in [6.07, 6.45) is 3.55. The Balaban J connectivity index is 2.88. The van der Waals surface area contributed by atoms with Crippen molar-refractivity contribution in [1.29, 1.82) is 0 Å². The number of unbranched alkanes of at least 4 members (excludes halogenated alkanes) is 1. The van der Waals surface area contributed by atoms with Gasteiger partial charge < -0.3 is 10.2 Å². The molecular formula is C18H31ClN2. The van der Waals surface area contributed by atoms with Crippen LogP contribution in [-0.4, -0.2) is 18.6 Å². The number of rotatable bonds is 9. The fourth-order valence-electron chi connectivity index (χ4n) is 2.34. The molecule has 0 radical (unpaired) electrons. The van der Waals surface area contributed by atoms with E-state index in [0.717, 1.165) is 24.5 Å². The maximum atomic E-state index is 6.55. The third-order valence-corrected chi connectivity index (χ3v) is 4.21. The molecule has 0 aromatic heterocycles. The Labute approximate surface area is 135 Å². The van der Waals surface area contributed by atoms with E-state index in [1.54, 1.807) is 0 Å². The average molecular weight is 311 g/mol. The third kappa shape index (κ3) is 5.88. The van der Waals surface area contributed by atoms with Gasteiger partial charge in [0.05, 0.1) is 10.7 Å². The first-order valence-electron chi connectivity index (χ1n) is 8.28. The molecule has 0 saturated heterocycles. The zero-order chi connectivity index (χ0) is 15.8. The van der Waals surface area contributed by atoms with Crippen molar-refractivity contribution < 1.29 is 0 Å². The molecule has 1 aromatic carbocycles. The summed E-state index contributed by atoms with van der Waals surface area (Å²) in [5.74, 6) is 0. The topological polar surface area (TPSA) is 15.3 Å². The molecule has 0 fully saturated rings. The number of nitrogens with one attached hydrogen (secondary N) is 1. The summed E-state index contributed by atoms with van der Waals surface area (Å²) in [7, 11) is 0. The second-order valence-corrected chi connectivity index (χ2v) is 6.53. The molecular weight excluding hydrogens is 280 g/mol. The van der Waals surface area contributed by atoms with E-state index < -0.39 is 0 Å². The molecule has 1 aromatic rings. The van der Waals surface area contributed by atoms with Crippen molar-refractivity contribution in [1.82, 2.24) is 5.32 Å². The van der Waals surface area contributed by atoms with Crippen LogP contribution in [0.15, 0.2) is 18.2 Å². The summed E-state index contributed by atoms with van der Waals surface area (Å²) >= 11 is 6.55. The molecule has 120 valence electrons. The Hall–Kier alpha value is -0.730. The van der Waals surface area contributed by atoms with Crippen LogP contribution in [0.3, 0.4) is 0 Å². The van der Waals surface area contributed by atoms with Gasteiger partial charge in [-0.3, -0.25) is 0 Å². The lowest BCUT2D eigenvalue weighted by Crippen LogP contribution is -2.33. The third-order valence-electron chi connectivity index (χ3n) is 3.91. The van der Waals surface area contributed by atoms with Gasteiger partial charge in [-0.25, -0.2) is 0 Å². The molecule has 2 nitrogen and oxygen atoms in total. The molecule has 0 aliphatic heterocycles. The number of nitrogens with zero attached hydrogens (tertiary/aromatic N) is 1. The Morgan fingerprint density at radius 3 is 2.43 bits per heavy atom. The summed E-state index contributed by atoms with van der Waals surface area (Å²) in [6.45, 7) is 13.0. The van der Waals surface area contributed by atoms with Crippen LogP contribution >= 0.6 is 11.6 Å². The van der Waals surface area contributed by atoms with Crippen molar-refractivity contribution in [2.24, 2.45) is 0 Å². The fraction of sp³-hybridized carbons (Fsp3) is 0.667. The van der Waals surface area contributed by atoms with Crippen LogP contribution in [0, 0.1) is 0 Å². The molecule has 1 atom stereocenters. The van der Waals surface area contributed by atoms with Crippen LogP contribution in [0.5, 0.6) is 0 Å². The molecule has 0 amide bonds. The van der Waals surface area contributed by atoms with Crippen molar-refractivity contribution in [2.45, 2.75) is 72.5 Å². The van der Waals surface area contributed by atoms with Gasteiger partial charge in [0.15, 0.2) is 0 Å². The average Bonchev–Trinajstić information content (AvgIpc) is 2.46. The summed E-state index contributed by atoms with van der Waals surface area (Å²) in [6, 6.07) is 7.49. The Morgan fingerprint density at radius 2 is 1.90 bits per heavy atom. The minimum atomic E-state index is 0.490. The van der Waals surface area contributed by atoms with E-state index in [4.69, 9.17) is 11.6 Å². The zero-order valence-electron chi connectivity index (χ0n) is 14.2. The zero-order valence-corrected chi connectivity index (χ0v) is 15.0. The van der Waals surface area contributed by atoms with E-state index >= 15 is 0 Å². The lowest BCUT2D eigenvalue weighted by atomic mass is 10.1. The van der Waals surface area contributed by atoms with Crippen LogP contribution in [0.25, 0.3) is 0 Å². The van der Waals surface area contributed by atoms with Crippen LogP contribution < -0.4 is 10.2 Å². The molecule has 21 heavy (non-hydrogen) atoms. The number of hydrogen-bond acceptors (Lipinski definition) is 2. The molecule has 1 rings (SSSR count). The van der Waals surface area contributed by atoms with Gasteiger partial charge in [0.2, 0.25) is 0 Å². The number of hydrogen-bond donors (Lipinski definition) is 1. The maximum Gasteiger partial charge on any atom is 0.0642 e. The van der Waals surface area contributed by atoms with Gasteiger partial charge in [-0.1, -0.05) is 51.8 Å². The second kappa shape index (κ2) is 9.32. The van der Waals surface area contributed by atoms with E-state index in [-0.39, 0.29) is 0 Å². The molecule has 0 spiro atoms. The van der Waals surface area contributed by atoms with Crippen molar-refractivity contribution in [2.75, 3.05) is 11.4 Å². The van der Waals surface area contributed by atoms with Crippen molar-refractivity contribution >= 4 is 17.3 Å². The van der Waals surface area contributed by atoms with E-state index in [2.05, 4.69) is 63.0 Å². The van der Waals surface area contributed by atoms with Gasteiger partial charge >= 0.3 is 0 Å². The molecule has 0 bridgehead atoms. The quantitative estimate of drug-likeness (QED) is 0.670. The van der Waals surface area contributed by atoms with E-state index in [0.29, 0.717) is 12.1 Å². The van der Waals surface area contributed by atoms with E-state index in [1.165, 1.54) is 24.1 Å².